The quantitative estimate of drug-likeness (QED) is 0.840. The summed E-state index contributed by atoms with van der Waals surface area (Å²) in [5.74, 6) is 0.0491. The molecule has 1 aromatic rings. The lowest BCUT2D eigenvalue weighted by atomic mass is 10.3. The number of sulfonamides is 1. The number of halogens is 3. The van der Waals surface area contributed by atoms with Crippen molar-refractivity contribution in [3.8, 4) is 0 Å². The molecule has 90 valence electrons. The zero-order valence-electron chi connectivity index (χ0n) is 8.43. The van der Waals surface area contributed by atoms with Crippen molar-refractivity contribution in [2.45, 2.75) is 13.3 Å². The maximum Gasteiger partial charge on any atom is 0.232 e. The van der Waals surface area contributed by atoms with Crippen LogP contribution in [-0.4, -0.2) is 14.2 Å². The Morgan fingerprint density at radius 1 is 1.38 bits per heavy atom. The summed E-state index contributed by atoms with van der Waals surface area (Å²) >= 11 is 14.9. The fourth-order valence-corrected chi connectivity index (χ4v) is 3.28. The van der Waals surface area contributed by atoms with Gasteiger partial charge in [0.1, 0.15) is 0 Å². The van der Waals surface area contributed by atoms with Gasteiger partial charge in [0.2, 0.25) is 10.0 Å². The van der Waals surface area contributed by atoms with E-state index in [2.05, 4.69) is 20.7 Å². The number of benzene rings is 1. The summed E-state index contributed by atoms with van der Waals surface area (Å²) in [6.07, 6.45) is 0.536. The van der Waals surface area contributed by atoms with Crippen LogP contribution in [0.2, 0.25) is 10.0 Å². The van der Waals surface area contributed by atoms with E-state index < -0.39 is 10.0 Å². The van der Waals surface area contributed by atoms with Crippen LogP contribution < -0.4 is 4.72 Å². The highest BCUT2D eigenvalue weighted by Crippen LogP contribution is 2.34. The fourth-order valence-electron chi connectivity index (χ4n) is 1.12. The average molecular weight is 347 g/mol. The van der Waals surface area contributed by atoms with Crippen molar-refractivity contribution in [3.63, 3.8) is 0 Å². The largest absolute Gasteiger partial charge is 0.282 e. The maximum absolute atomic E-state index is 11.5. The molecule has 0 heterocycles. The number of rotatable bonds is 4. The van der Waals surface area contributed by atoms with Gasteiger partial charge < -0.3 is 0 Å². The zero-order chi connectivity index (χ0) is 12.3. The first-order valence-corrected chi connectivity index (χ1v) is 7.71. The molecule has 0 saturated carbocycles. The zero-order valence-corrected chi connectivity index (χ0v) is 12.3. The van der Waals surface area contributed by atoms with Gasteiger partial charge in [-0.15, -0.1) is 0 Å². The second-order valence-corrected chi connectivity index (χ2v) is 6.68. The van der Waals surface area contributed by atoms with E-state index >= 15 is 0 Å². The summed E-state index contributed by atoms with van der Waals surface area (Å²) in [7, 11) is -3.35. The van der Waals surface area contributed by atoms with E-state index in [4.69, 9.17) is 23.2 Å². The van der Waals surface area contributed by atoms with Crippen molar-refractivity contribution >= 4 is 54.8 Å². The molecule has 0 aliphatic heterocycles. The van der Waals surface area contributed by atoms with E-state index in [1.807, 2.05) is 0 Å². The smallest absolute Gasteiger partial charge is 0.232 e. The third-order valence-electron chi connectivity index (χ3n) is 1.73. The minimum atomic E-state index is -3.35. The third kappa shape index (κ3) is 3.80. The lowest BCUT2D eigenvalue weighted by Gasteiger charge is -2.10. The van der Waals surface area contributed by atoms with Crippen molar-refractivity contribution in [1.29, 1.82) is 0 Å². The number of hydrogen-bond acceptors (Lipinski definition) is 2. The molecule has 3 nitrogen and oxygen atoms in total. The first-order chi connectivity index (χ1) is 7.35. The molecule has 0 aliphatic rings. The first-order valence-electron chi connectivity index (χ1n) is 4.50. The highest BCUT2D eigenvalue weighted by molar-refractivity contribution is 9.10. The van der Waals surface area contributed by atoms with Crippen molar-refractivity contribution in [1.82, 2.24) is 0 Å². The highest BCUT2D eigenvalue weighted by atomic mass is 79.9. The van der Waals surface area contributed by atoms with Crippen LogP contribution in [0.25, 0.3) is 0 Å². The van der Waals surface area contributed by atoms with Crippen LogP contribution in [0.4, 0.5) is 5.69 Å². The van der Waals surface area contributed by atoms with Gasteiger partial charge in [0, 0.05) is 9.50 Å². The van der Waals surface area contributed by atoms with Crippen LogP contribution in [0.5, 0.6) is 0 Å². The van der Waals surface area contributed by atoms with Crippen LogP contribution in [0.3, 0.4) is 0 Å². The molecule has 0 bridgehead atoms. The van der Waals surface area contributed by atoms with Crippen molar-refractivity contribution in [3.05, 3.63) is 26.7 Å². The SMILES string of the molecule is CCCS(=O)(=O)Nc1cc(Cl)cc(Br)c1Cl. The fraction of sp³-hybridized carbons (Fsp3) is 0.333. The molecule has 0 unspecified atom stereocenters. The molecule has 1 rings (SSSR count). The number of nitrogens with one attached hydrogen (secondary N) is 1. The maximum atomic E-state index is 11.5. The summed E-state index contributed by atoms with van der Waals surface area (Å²) in [5.41, 5.74) is 0.287. The van der Waals surface area contributed by atoms with Gasteiger partial charge in [0.05, 0.1) is 16.5 Å². The lowest BCUT2D eigenvalue weighted by molar-refractivity contribution is 0.600. The number of anilines is 1. The van der Waals surface area contributed by atoms with Crippen molar-refractivity contribution < 1.29 is 8.42 Å². The van der Waals surface area contributed by atoms with Crippen LogP contribution in [0.15, 0.2) is 16.6 Å². The molecule has 0 spiro atoms. The predicted octanol–water partition coefficient (Wildman–Crippen LogP) is 3.91. The molecule has 0 fully saturated rings. The second-order valence-electron chi connectivity index (χ2n) is 3.17. The van der Waals surface area contributed by atoms with E-state index in [1.54, 1.807) is 13.0 Å². The second kappa shape index (κ2) is 5.58. The molecule has 0 saturated heterocycles. The molecule has 1 N–H and O–H groups in total. The molecular weight excluding hydrogens is 337 g/mol. The van der Waals surface area contributed by atoms with Crippen LogP contribution in [0.1, 0.15) is 13.3 Å². The highest BCUT2D eigenvalue weighted by Gasteiger charge is 2.13. The Bertz CT molecular complexity index is 491. The summed E-state index contributed by atoms with van der Waals surface area (Å²) in [6.45, 7) is 1.79. The van der Waals surface area contributed by atoms with Gasteiger partial charge in [-0.3, -0.25) is 4.72 Å². The van der Waals surface area contributed by atoms with Crippen LogP contribution in [-0.2, 0) is 10.0 Å². The summed E-state index contributed by atoms with van der Waals surface area (Å²) in [6, 6.07) is 3.07. The van der Waals surface area contributed by atoms with Gasteiger partial charge in [-0.05, 0) is 34.5 Å². The van der Waals surface area contributed by atoms with Crippen molar-refractivity contribution in [2.75, 3.05) is 10.5 Å². The Hall–Kier alpha value is 0.0300. The summed E-state index contributed by atoms with van der Waals surface area (Å²) < 4.78 is 26.0. The Labute approximate surface area is 113 Å². The van der Waals surface area contributed by atoms with Crippen molar-refractivity contribution in [2.24, 2.45) is 0 Å². The first kappa shape index (κ1) is 14.1. The van der Waals surface area contributed by atoms with E-state index in [0.717, 1.165) is 0 Å². The predicted molar refractivity (Wildman–Crippen MR) is 71.9 cm³/mol. The third-order valence-corrected chi connectivity index (χ3v) is 4.69. The van der Waals surface area contributed by atoms with Gasteiger partial charge in [-0.25, -0.2) is 8.42 Å². The molecule has 0 amide bonds. The van der Waals surface area contributed by atoms with Gasteiger partial charge in [0.15, 0.2) is 0 Å². The van der Waals surface area contributed by atoms with E-state index in [-0.39, 0.29) is 11.4 Å². The van der Waals surface area contributed by atoms with Crippen LogP contribution in [0, 0.1) is 0 Å². The molecule has 0 radical (unpaired) electrons. The normalized spacial score (nSPS) is 11.5. The molecule has 0 aromatic heterocycles. The molecular formula is C9H10BrCl2NO2S. The molecule has 0 aliphatic carbocycles. The molecule has 16 heavy (non-hydrogen) atoms. The molecule has 1 aromatic carbocycles. The minimum absolute atomic E-state index is 0.0491. The van der Waals surface area contributed by atoms with Gasteiger partial charge >= 0.3 is 0 Å². The molecule has 0 atom stereocenters. The number of hydrogen-bond donors (Lipinski definition) is 1. The van der Waals surface area contributed by atoms with E-state index in [9.17, 15) is 8.42 Å². The van der Waals surface area contributed by atoms with Gasteiger partial charge in [-0.1, -0.05) is 30.1 Å². The van der Waals surface area contributed by atoms with E-state index in [0.29, 0.717) is 20.9 Å². The average Bonchev–Trinajstić information content (AvgIpc) is 2.12. The summed E-state index contributed by atoms with van der Waals surface area (Å²) in [4.78, 5) is 0. The van der Waals surface area contributed by atoms with Crippen LogP contribution >= 0.6 is 39.1 Å². The molecule has 7 heteroatoms. The topological polar surface area (TPSA) is 46.2 Å². The van der Waals surface area contributed by atoms with E-state index in [1.165, 1.54) is 6.07 Å². The van der Waals surface area contributed by atoms with Gasteiger partial charge in [-0.2, -0.15) is 0 Å². The monoisotopic (exact) mass is 345 g/mol. The Morgan fingerprint density at radius 3 is 2.56 bits per heavy atom. The Balaban J connectivity index is 3.07. The van der Waals surface area contributed by atoms with Gasteiger partial charge in [0.25, 0.3) is 0 Å². The lowest BCUT2D eigenvalue weighted by Crippen LogP contribution is -2.16. The standard InChI is InChI=1S/C9H10BrCl2NO2S/c1-2-3-16(14,15)13-8-5-6(11)4-7(10)9(8)12/h4-5,13H,2-3H2,1H3. The minimum Gasteiger partial charge on any atom is -0.282 e. The Kier molecular flexibility index (Phi) is 4.91. The Morgan fingerprint density at radius 2 is 2.00 bits per heavy atom. The summed E-state index contributed by atoms with van der Waals surface area (Å²) in [5, 5.41) is 0.703.